The third-order valence-electron chi connectivity index (χ3n) is 5.20. The molecular weight excluding hydrogens is 286 g/mol. The Morgan fingerprint density at radius 2 is 2.35 bits per heavy atom. The average molecular weight is 310 g/mol. The molecule has 3 atom stereocenters. The number of rotatable bonds is 2. The van der Waals surface area contributed by atoms with E-state index in [2.05, 4.69) is 6.07 Å². The maximum atomic E-state index is 6.63. The molecule has 2 fully saturated rings. The number of hydrogen-bond acceptors (Lipinski definition) is 4. The highest BCUT2D eigenvalue weighted by atomic mass is 32.2. The van der Waals surface area contributed by atoms with Crippen molar-refractivity contribution in [2.45, 2.75) is 50.2 Å². The molecule has 0 amide bonds. The van der Waals surface area contributed by atoms with Gasteiger partial charge in [0.2, 0.25) is 0 Å². The molecule has 3 aliphatic rings. The lowest BCUT2D eigenvalue weighted by Crippen LogP contribution is -2.42. The van der Waals surface area contributed by atoms with Crippen LogP contribution in [0.5, 0.6) is 0 Å². The summed E-state index contributed by atoms with van der Waals surface area (Å²) in [5, 5.41) is 0. The number of hydrogen-bond donors (Lipinski definition) is 1. The summed E-state index contributed by atoms with van der Waals surface area (Å²) < 4.78 is 6.13. The van der Waals surface area contributed by atoms with E-state index >= 15 is 0 Å². The van der Waals surface area contributed by atoms with Gasteiger partial charge in [-0.2, -0.15) is 11.8 Å². The molecule has 110 valence electrons. The van der Waals surface area contributed by atoms with Crippen LogP contribution in [-0.2, 0) is 17.6 Å². The Morgan fingerprint density at radius 1 is 1.40 bits per heavy atom. The van der Waals surface area contributed by atoms with E-state index in [1.807, 2.05) is 23.1 Å². The van der Waals surface area contributed by atoms with Crippen molar-refractivity contribution in [2.75, 3.05) is 18.1 Å². The number of ether oxygens (including phenoxy) is 1. The van der Waals surface area contributed by atoms with Gasteiger partial charge in [0.15, 0.2) is 0 Å². The third-order valence-corrected chi connectivity index (χ3v) is 7.76. The van der Waals surface area contributed by atoms with Crippen molar-refractivity contribution < 1.29 is 4.74 Å². The lowest BCUT2D eigenvalue weighted by atomic mass is 9.81. The maximum Gasteiger partial charge on any atom is 0.0783 e. The Balaban J connectivity index is 1.51. The molecule has 3 heterocycles. The van der Waals surface area contributed by atoms with Crippen molar-refractivity contribution >= 4 is 23.1 Å². The highest BCUT2D eigenvalue weighted by Crippen LogP contribution is 2.45. The Labute approximate surface area is 129 Å². The van der Waals surface area contributed by atoms with Gasteiger partial charge in [-0.25, -0.2) is 0 Å². The van der Waals surface area contributed by atoms with E-state index in [1.165, 1.54) is 48.5 Å². The monoisotopic (exact) mass is 309 g/mol. The quantitative estimate of drug-likeness (QED) is 0.907. The van der Waals surface area contributed by atoms with Crippen LogP contribution in [0.2, 0.25) is 0 Å². The highest BCUT2D eigenvalue weighted by molar-refractivity contribution is 7.99. The second-order valence-electron chi connectivity index (χ2n) is 6.56. The van der Waals surface area contributed by atoms with Gasteiger partial charge in [-0.1, -0.05) is 0 Å². The van der Waals surface area contributed by atoms with E-state index in [-0.39, 0.29) is 11.6 Å². The van der Waals surface area contributed by atoms with Gasteiger partial charge in [-0.05, 0) is 61.8 Å². The number of fused-ring (bicyclic) bond motifs is 1. The number of aryl methyl sites for hydroxylation is 2. The minimum absolute atomic E-state index is 0.158. The Hall–Kier alpha value is -0.0300. The average Bonchev–Trinajstić information content (AvgIpc) is 3.13. The van der Waals surface area contributed by atoms with E-state index < -0.39 is 0 Å². The highest BCUT2D eigenvalue weighted by Gasteiger charge is 2.42. The zero-order valence-corrected chi connectivity index (χ0v) is 13.5. The maximum absolute atomic E-state index is 6.63. The van der Waals surface area contributed by atoms with Crippen LogP contribution in [0.4, 0.5) is 0 Å². The van der Waals surface area contributed by atoms with Crippen LogP contribution >= 0.6 is 23.1 Å². The van der Waals surface area contributed by atoms with Crippen LogP contribution in [0.3, 0.4) is 0 Å². The minimum Gasteiger partial charge on any atom is -0.374 e. The molecule has 2 nitrogen and oxygen atoms in total. The summed E-state index contributed by atoms with van der Waals surface area (Å²) in [6, 6.07) is 2.64. The van der Waals surface area contributed by atoms with E-state index in [4.69, 9.17) is 10.5 Å². The predicted molar refractivity (Wildman–Crippen MR) is 86.6 cm³/mol. The number of thiophene rings is 1. The van der Waals surface area contributed by atoms with E-state index in [9.17, 15) is 0 Å². The van der Waals surface area contributed by atoms with Crippen LogP contribution in [0.15, 0.2) is 6.07 Å². The number of thioether (sulfide) groups is 1. The topological polar surface area (TPSA) is 35.2 Å². The Bertz CT molecular complexity index is 471. The molecule has 1 aliphatic carbocycles. The summed E-state index contributed by atoms with van der Waals surface area (Å²) in [7, 11) is 0. The first-order chi connectivity index (χ1) is 9.76. The Morgan fingerprint density at radius 3 is 3.15 bits per heavy atom. The van der Waals surface area contributed by atoms with E-state index in [0.29, 0.717) is 5.92 Å². The summed E-state index contributed by atoms with van der Waals surface area (Å²) in [6.07, 6.45) is 7.42. The van der Waals surface area contributed by atoms with Crippen LogP contribution < -0.4 is 5.73 Å². The zero-order chi connectivity index (χ0) is 13.6. The first-order valence-electron chi connectivity index (χ1n) is 7.85. The Kier molecular flexibility index (Phi) is 3.62. The second-order valence-corrected chi connectivity index (χ2v) is 8.84. The molecule has 0 aromatic carbocycles. The largest absolute Gasteiger partial charge is 0.374 e. The van der Waals surface area contributed by atoms with Gasteiger partial charge in [0, 0.05) is 28.2 Å². The second kappa shape index (κ2) is 5.31. The minimum atomic E-state index is 0.158. The molecular formula is C16H23NOS2. The molecule has 2 aliphatic heterocycles. The fourth-order valence-corrected chi connectivity index (χ4v) is 6.72. The normalized spacial score (nSPS) is 34.5. The summed E-state index contributed by atoms with van der Waals surface area (Å²) in [4.78, 5) is 3.04. The van der Waals surface area contributed by atoms with Gasteiger partial charge in [0.1, 0.15) is 0 Å². The molecule has 20 heavy (non-hydrogen) atoms. The lowest BCUT2D eigenvalue weighted by Gasteiger charge is -2.39. The SMILES string of the molecule is NC(c1cc2c(s1)CCC2)C1CCOC2(CCSC2)C1. The van der Waals surface area contributed by atoms with Gasteiger partial charge in [-0.3, -0.25) is 0 Å². The van der Waals surface area contributed by atoms with Crippen molar-refractivity contribution in [3.8, 4) is 0 Å². The summed E-state index contributed by atoms with van der Waals surface area (Å²) in [5.41, 5.74) is 8.37. The van der Waals surface area contributed by atoms with Gasteiger partial charge in [-0.15, -0.1) is 11.3 Å². The van der Waals surface area contributed by atoms with Crippen molar-refractivity contribution in [1.29, 1.82) is 0 Å². The van der Waals surface area contributed by atoms with Crippen LogP contribution in [0, 0.1) is 5.92 Å². The van der Waals surface area contributed by atoms with Gasteiger partial charge in [0.05, 0.1) is 5.60 Å². The van der Waals surface area contributed by atoms with Gasteiger partial charge >= 0.3 is 0 Å². The first-order valence-corrected chi connectivity index (χ1v) is 9.82. The van der Waals surface area contributed by atoms with Gasteiger partial charge < -0.3 is 10.5 Å². The molecule has 1 aromatic heterocycles. The lowest BCUT2D eigenvalue weighted by molar-refractivity contribution is -0.0832. The third kappa shape index (κ3) is 2.35. The van der Waals surface area contributed by atoms with Crippen molar-refractivity contribution in [3.05, 3.63) is 21.4 Å². The molecule has 3 unspecified atom stereocenters. The predicted octanol–water partition coefficient (Wildman–Crippen LogP) is 3.54. The van der Waals surface area contributed by atoms with Crippen LogP contribution in [-0.4, -0.2) is 23.7 Å². The fraction of sp³-hybridized carbons (Fsp3) is 0.750. The molecule has 1 spiro atoms. The van der Waals surface area contributed by atoms with Gasteiger partial charge in [0.25, 0.3) is 0 Å². The molecule has 0 bridgehead atoms. The van der Waals surface area contributed by atoms with E-state index in [0.717, 1.165) is 13.0 Å². The molecule has 1 aromatic rings. The smallest absolute Gasteiger partial charge is 0.0783 e. The first kappa shape index (κ1) is 13.6. The molecule has 2 N–H and O–H groups in total. The summed E-state index contributed by atoms with van der Waals surface area (Å²) in [6.45, 7) is 0.907. The van der Waals surface area contributed by atoms with Crippen molar-refractivity contribution in [3.63, 3.8) is 0 Å². The standard InChI is InChI=1S/C16H23NOS2/c17-15(14-8-11-2-1-3-13(11)20-14)12-4-6-18-16(9-12)5-7-19-10-16/h8,12,15H,1-7,9-10,17H2. The molecule has 4 heteroatoms. The zero-order valence-electron chi connectivity index (χ0n) is 11.9. The summed E-state index contributed by atoms with van der Waals surface area (Å²) in [5.74, 6) is 3.05. The molecule has 4 rings (SSSR count). The molecule has 2 saturated heterocycles. The van der Waals surface area contributed by atoms with Crippen LogP contribution in [0.1, 0.15) is 47.0 Å². The molecule has 0 radical (unpaired) electrons. The fourth-order valence-electron chi connectivity index (χ4n) is 3.98. The van der Waals surface area contributed by atoms with Crippen LogP contribution in [0.25, 0.3) is 0 Å². The van der Waals surface area contributed by atoms with Crippen molar-refractivity contribution in [2.24, 2.45) is 11.7 Å². The summed E-state index contributed by atoms with van der Waals surface area (Å²) >= 11 is 4.03. The molecule has 0 saturated carbocycles. The number of nitrogens with two attached hydrogens (primary N) is 1. The van der Waals surface area contributed by atoms with E-state index in [1.54, 1.807) is 10.4 Å². The van der Waals surface area contributed by atoms with Crippen molar-refractivity contribution in [1.82, 2.24) is 0 Å².